The Morgan fingerprint density at radius 2 is 1.58 bits per heavy atom. The van der Waals surface area contributed by atoms with Gasteiger partial charge in [0.05, 0.1) is 0 Å². The monoisotopic (exact) mass is 167 g/mol. The van der Waals surface area contributed by atoms with Crippen LogP contribution < -0.4 is 5.73 Å². The molecule has 1 rings (SSSR count). The first-order valence-corrected chi connectivity index (χ1v) is 4.52. The van der Waals surface area contributed by atoms with E-state index in [-0.39, 0.29) is 7.47 Å². The zero-order chi connectivity index (χ0) is 9.56. The summed E-state index contributed by atoms with van der Waals surface area (Å²) in [5.41, 5.74) is 8.15. The third-order valence-electron chi connectivity index (χ3n) is 1.60. The molecule has 1 heteroatoms. The molecule has 1 aromatic rings. The molecule has 2 N–H and O–H groups in total. The molecule has 0 radical (unpaired) electrons. The van der Waals surface area contributed by atoms with Gasteiger partial charge in [0.25, 0.3) is 0 Å². The first kappa shape index (κ1) is 11.2. The van der Waals surface area contributed by atoms with Crippen LogP contribution in [0.5, 0.6) is 0 Å². The normalized spacial score (nSPS) is 11.4. The fraction of sp³-hybridized carbons (Fsp3) is 0.455. The minimum absolute atomic E-state index is 0. The van der Waals surface area contributed by atoms with Gasteiger partial charge in [-0.05, 0) is 19.4 Å². The highest BCUT2D eigenvalue weighted by molar-refractivity contribution is 5.23. The van der Waals surface area contributed by atoms with Crippen molar-refractivity contribution in [2.75, 3.05) is 0 Å². The minimum Gasteiger partial charge on any atom is -0.324 e. The first-order valence-electron chi connectivity index (χ1n) is 4.52. The van der Waals surface area contributed by atoms with Crippen molar-refractivity contribution in [3.8, 4) is 0 Å². The van der Waals surface area contributed by atoms with Gasteiger partial charge in [-0.25, -0.2) is 0 Å². The van der Waals surface area contributed by atoms with Crippen LogP contribution in [0.4, 0.5) is 0 Å². The fourth-order valence-corrected chi connectivity index (χ4v) is 0.870. The maximum absolute atomic E-state index is 5.66. The molecule has 0 heterocycles. The topological polar surface area (TPSA) is 26.0 Å². The van der Waals surface area contributed by atoms with Crippen LogP contribution in [-0.2, 0) is 0 Å². The molecule has 12 heavy (non-hydrogen) atoms. The highest BCUT2D eigenvalue weighted by Crippen LogP contribution is 2.09. The molecule has 0 aliphatic heterocycles. The number of rotatable bonds is 1. The summed E-state index contributed by atoms with van der Waals surface area (Å²) in [6.07, 6.45) is 0. The van der Waals surface area contributed by atoms with Gasteiger partial charge < -0.3 is 5.73 Å². The Hall–Kier alpha value is -0.820. The van der Waals surface area contributed by atoms with Gasteiger partial charge in [0.2, 0.25) is 0 Å². The molecule has 1 atom stereocenters. The average molecular weight is 167 g/mol. The van der Waals surface area contributed by atoms with Crippen LogP contribution in [0, 0.1) is 6.92 Å². The van der Waals surface area contributed by atoms with Crippen LogP contribution in [0.2, 0.25) is 0 Å². The Kier molecular flexibility index (Phi) is 5.39. The van der Waals surface area contributed by atoms with Crippen molar-refractivity contribution >= 4 is 0 Å². The van der Waals surface area contributed by atoms with Crippen molar-refractivity contribution in [3.63, 3.8) is 0 Å². The summed E-state index contributed by atoms with van der Waals surface area (Å²) in [6.45, 7) is 8.07. The molecule has 0 aromatic heterocycles. The van der Waals surface area contributed by atoms with E-state index in [1.54, 1.807) is 0 Å². The van der Waals surface area contributed by atoms with E-state index in [0.717, 1.165) is 0 Å². The van der Waals surface area contributed by atoms with E-state index < -0.39 is 0 Å². The zero-order valence-corrected chi connectivity index (χ0v) is 8.46. The van der Waals surface area contributed by atoms with E-state index in [1.165, 1.54) is 11.1 Å². The summed E-state index contributed by atoms with van der Waals surface area (Å²) in [5.74, 6) is 0. The Bertz CT molecular complexity index is 204. The number of nitrogens with two attached hydrogens (primary N) is 1. The zero-order valence-electron chi connectivity index (χ0n) is 8.46. The third kappa shape index (κ3) is 3.54. The second-order valence-electron chi connectivity index (χ2n) is 2.70. The summed E-state index contributed by atoms with van der Waals surface area (Å²) >= 11 is 0. The highest BCUT2D eigenvalue weighted by atomic mass is 14.6. The third-order valence-corrected chi connectivity index (χ3v) is 1.60. The van der Waals surface area contributed by atoms with Crippen molar-refractivity contribution in [2.24, 2.45) is 5.73 Å². The summed E-state index contributed by atoms with van der Waals surface area (Å²) in [6, 6.07) is 8.46. The lowest BCUT2D eigenvalue weighted by Gasteiger charge is -2.03. The number of hydrogen-bond donors (Lipinski definition) is 1. The summed E-state index contributed by atoms with van der Waals surface area (Å²) in [4.78, 5) is 0. The number of benzene rings is 1. The molecule has 0 spiro atoms. The van der Waals surface area contributed by atoms with E-state index in [1.807, 2.05) is 20.8 Å². The van der Waals surface area contributed by atoms with Gasteiger partial charge in [-0.15, -0.1) is 0 Å². The molecule has 0 saturated heterocycles. The molecule has 0 saturated carbocycles. The molecular formula is C11H21N. The molecule has 0 fully saturated rings. The number of hydrogen-bond acceptors (Lipinski definition) is 1. The maximum atomic E-state index is 5.66. The number of aryl methyl sites for hydroxylation is 1. The average Bonchev–Trinajstić information content (AvgIpc) is 2.09. The van der Waals surface area contributed by atoms with Crippen LogP contribution in [0.3, 0.4) is 0 Å². The lowest BCUT2D eigenvalue weighted by Crippen LogP contribution is -2.04. The lowest BCUT2D eigenvalue weighted by molar-refractivity contribution is 0.818. The van der Waals surface area contributed by atoms with E-state index in [0.29, 0.717) is 0 Å². The summed E-state index contributed by atoms with van der Waals surface area (Å²) in [7, 11) is 0. The van der Waals surface area contributed by atoms with Gasteiger partial charge in [-0.2, -0.15) is 0 Å². The molecule has 1 nitrogen and oxygen atoms in total. The molecule has 0 aliphatic carbocycles. The maximum Gasteiger partial charge on any atom is 0.0266 e. The van der Waals surface area contributed by atoms with E-state index in [2.05, 4.69) is 31.2 Å². The second kappa shape index (κ2) is 5.78. The first-order chi connectivity index (χ1) is 5.70. The lowest BCUT2D eigenvalue weighted by atomic mass is 10.1. The van der Waals surface area contributed by atoms with Gasteiger partial charge in [0.15, 0.2) is 0 Å². The highest BCUT2D eigenvalue weighted by Gasteiger charge is 1.95. The van der Waals surface area contributed by atoms with Gasteiger partial charge in [-0.1, -0.05) is 43.7 Å². The van der Waals surface area contributed by atoms with Crippen molar-refractivity contribution in [1.29, 1.82) is 0 Å². The van der Waals surface area contributed by atoms with Crippen LogP contribution in [0.25, 0.3) is 0 Å². The van der Waals surface area contributed by atoms with E-state index in [4.69, 9.17) is 5.73 Å². The van der Waals surface area contributed by atoms with Crippen LogP contribution >= 0.6 is 0 Å². The van der Waals surface area contributed by atoms with Crippen molar-refractivity contribution < 1.29 is 1.43 Å². The smallest absolute Gasteiger partial charge is 0.0266 e. The molecule has 0 bridgehead atoms. The Morgan fingerprint density at radius 1 is 1.17 bits per heavy atom. The molecule has 0 unspecified atom stereocenters. The van der Waals surface area contributed by atoms with Crippen LogP contribution in [0.15, 0.2) is 24.3 Å². The Morgan fingerprint density at radius 3 is 1.92 bits per heavy atom. The minimum atomic E-state index is 0. The molecule has 0 aliphatic rings. The van der Waals surface area contributed by atoms with Crippen molar-refractivity contribution in [3.05, 3.63) is 35.4 Å². The van der Waals surface area contributed by atoms with E-state index in [9.17, 15) is 0 Å². The predicted molar refractivity (Wildman–Crippen MR) is 57.2 cm³/mol. The molecular weight excluding hydrogens is 146 g/mol. The van der Waals surface area contributed by atoms with Gasteiger partial charge in [0, 0.05) is 7.47 Å². The van der Waals surface area contributed by atoms with Gasteiger partial charge in [-0.3, -0.25) is 0 Å². The Labute approximate surface area is 77.1 Å². The van der Waals surface area contributed by atoms with Crippen molar-refractivity contribution in [2.45, 2.75) is 33.7 Å². The summed E-state index contributed by atoms with van der Waals surface area (Å²) in [5, 5.41) is 0. The van der Waals surface area contributed by atoms with Crippen LogP contribution in [0.1, 0.15) is 39.4 Å². The SMILES string of the molecule is CC.Cc1ccc([C@H](C)N)cc1.[HH]. The van der Waals surface area contributed by atoms with Gasteiger partial charge in [0.1, 0.15) is 0 Å². The molecule has 0 amide bonds. The van der Waals surface area contributed by atoms with Gasteiger partial charge >= 0.3 is 0 Å². The fourth-order valence-electron chi connectivity index (χ4n) is 0.870. The largest absolute Gasteiger partial charge is 0.324 e. The molecule has 1 aromatic carbocycles. The van der Waals surface area contributed by atoms with E-state index >= 15 is 0 Å². The van der Waals surface area contributed by atoms with Crippen molar-refractivity contribution in [1.82, 2.24) is 0 Å². The Balaban J connectivity index is 0. The quantitative estimate of drug-likeness (QED) is 0.682. The second-order valence-corrected chi connectivity index (χ2v) is 2.70. The molecule has 70 valence electrons. The predicted octanol–water partition coefficient (Wildman–Crippen LogP) is 3.29. The standard InChI is InChI=1S/C9H13N.C2H6.H2/c1-7-3-5-9(6-4-7)8(2)10;1-2;/h3-6,8H,10H2,1-2H3;1-2H3;1H/t8-;;/m0../s1. The summed E-state index contributed by atoms with van der Waals surface area (Å²) < 4.78 is 0. The van der Waals surface area contributed by atoms with Crippen LogP contribution in [-0.4, -0.2) is 0 Å².